The Morgan fingerprint density at radius 1 is 1.42 bits per heavy atom. The Balaban J connectivity index is 1.65. The molecule has 4 nitrogen and oxygen atoms in total. The molecule has 3 rings (SSSR count). The predicted molar refractivity (Wildman–Crippen MR) is 77.0 cm³/mol. The van der Waals surface area contributed by atoms with Gasteiger partial charge in [-0.3, -0.25) is 4.98 Å². The summed E-state index contributed by atoms with van der Waals surface area (Å²) in [6, 6.07) is 3.86. The fraction of sp³-hybridized carbons (Fsp3) is 0.429. The second kappa shape index (κ2) is 5.57. The highest BCUT2D eigenvalue weighted by Gasteiger charge is 2.23. The van der Waals surface area contributed by atoms with Crippen molar-refractivity contribution in [3.8, 4) is 5.75 Å². The molecule has 0 radical (unpaired) electrons. The molecule has 1 aliphatic rings. The lowest BCUT2D eigenvalue weighted by molar-refractivity contribution is 0.178. The molecule has 2 aromatic heterocycles. The summed E-state index contributed by atoms with van der Waals surface area (Å²) in [7, 11) is 0. The van der Waals surface area contributed by atoms with Crippen molar-refractivity contribution in [2.75, 3.05) is 18.0 Å². The van der Waals surface area contributed by atoms with E-state index in [1.54, 1.807) is 23.7 Å². The third-order valence-corrected chi connectivity index (χ3v) is 4.17. The molecule has 0 spiro atoms. The molecule has 5 heteroatoms. The number of hydrogen-bond acceptors (Lipinski definition) is 5. The lowest BCUT2D eigenvalue weighted by Gasteiger charge is -2.32. The van der Waals surface area contributed by atoms with Crippen LogP contribution >= 0.6 is 11.3 Å². The minimum absolute atomic E-state index is 0.224. The van der Waals surface area contributed by atoms with E-state index in [4.69, 9.17) is 4.74 Å². The maximum absolute atomic E-state index is 5.99. The SMILES string of the molecule is Cc1cnc(N2CCCC(Oc3cccnc3)C2)s1. The summed E-state index contributed by atoms with van der Waals surface area (Å²) >= 11 is 1.75. The molecular formula is C14H17N3OS. The maximum atomic E-state index is 5.99. The van der Waals surface area contributed by atoms with Crippen molar-refractivity contribution in [1.82, 2.24) is 9.97 Å². The van der Waals surface area contributed by atoms with Gasteiger partial charge in [0.05, 0.1) is 12.7 Å². The second-order valence-electron chi connectivity index (χ2n) is 4.77. The standard InChI is InChI=1S/C14H17N3OS/c1-11-8-16-14(19-11)17-7-3-5-13(10-17)18-12-4-2-6-15-9-12/h2,4,6,8-9,13H,3,5,7,10H2,1H3. The highest BCUT2D eigenvalue weighted by atomic mass is 32.1. The van der Waals surface area contributed by atoms with Crippen LogP contribution in [0.2, 0.25) is 0 Å². The van der Waals surface area contributed by atoms with Gasteiger partial charge in [0.15, 0.2) is 5.13 Å². The third kappa shape index (κ3) is 3.04. The zero-order valence-corrected chi connectivity index (χ0v) is 11.8. The zero-order chi connectivity index (χ0) is 13.1. The summed E-state index contributed by atoms with van der Waals surface area (Å²) in [5.41, 5.74) is 0. The first kappa shape index (κ1) is 12.4. The van der Waals surface area contributed by atoms with Gasteiger partial charge in [-0.05, 0) is 31.9 Å². The number of anilines is 1. The Kier molecular flexibility index (Phi) is 3.64. The molecule has 0 N–H and O–H groups in total. The van der Waals surface area contributed by atoms with E-state index in [2.05, 4.69) is 21.8 Å². The van der Waals surface area contributed by atoms with Crippen LogP contribution < -0.4 is 9.64 Å². The van der Waals surface area contributed by atoms with E-state index in [0.717, 1.165) is 36.8 Å². The third-order valence-electron chi connectivity index (χ3n) is 3.19. The van der Waals surface area contributed by atoms with E-state index < -0.39 is 0 Å². The number of aromatic nitrogens is 2. The number of aryl methyl sites for hydroxylation is 1. The summed E-state index contributed by atoms with van der Waals surface area (Å²) < 4.78 is 5.99. The van der Waals surface area contributed by atoms with Crippen LogP contribution in [0.4, 0.5) is 5.13 Å². The molecule has 1 saturated heterocycles. The van der Waals surface area contributed by atoms with Gasteiger partial charge in [-0.15, -0.1) is 11.3 Å². The number of piperidine rings is 1. The highest BCUT2D eigenvalue weighted by molar-refractivity contribution is 7.15. The molecule has 3 heterocycles. The summed E-state index contributed by atoms with van der Waals surface area (Å²) in [5.74, 6) is 0.852. The molecule has 0 saturated carbocycles. The number of nitrogens with zero attached hydrogens (tertiary/aromatic N) is 3. The molecule has 0 aromatic carbocycles. The van der Waals surface area contributed by atoms with Crippen molar-refractivity contribution < 1.29 is 4.74 Å². The largest absolute Gasteiger partial charge is 0.487 e. The van der Waals surface area contributed by atoms with E-state index in [9.17, 15) is 0 Å². The van der Waals surface area contributed by atoms with Gasteiger partial charge >= 0.3 is 0 Å². The Morgan fingerprint density at radius 2 is 2.37 bits per heavy atom. The van der Waals surface area contributed by atoms with Gasteiger partial charge in [-0.2, -0.15) is 0 Å². The van der Waals surface area contributed by atoms with Crippen molar-refractivity contribution in [1.29, 1.82) is 0 Å². The Labute approximate surface area is 117 Å². The molecule has 1 aliphatic heterocycles. The van der Waals surface area contributed by atoms with Gasteiger partial charge in [0.1, 0.15) is 11.9 Å². The first-order valence-electron chi connectivity index (χ1n) is 6.55. The fourth-order valence-electron chi connectivity index (χ4n) is 2.31. The molecular weight excluding hydrogens is 258 g/mol. The van der Waals surface area contributed by atoms with Gasteiger partial charge in [-0.25, -0.2) is 4.98 Å². The molecule has 1 unspecified atom stereocenters. The van der Waals surface area contributed by atoms with Gasteiger partial charge in [0.2, 0.25) is 0 Å². The number of thiazole rings is 1. The van der Waals surface area contributed by atoms with Crippen LogP contribution in [0.15, 0.2) is 30.7 Å². The van der Waals surface area contributed by atoms with Crippen molar-refractivity contribution in [3.63, 3.8) is 0 Å². The maximum Gasteiger partial charge on any atom is 0.185 e. The second-order valence-corrected chi connectivity index (χ2v) is 5.98. The molecule has 2 aromatic rings. The van der Waals surface area contributed by atoms with Crippen molar-refractivity contribution in [3.05, 3.63) is 35.6 Å². The molecule has 1 fully saturated rings. The first-order valence-corrected chi connectivity index (χ1v) is 7.37. The minimum Gasteiger partial charge on any atom is -0.487 e. The van der Waals surface area contributed by atoms with Crippen LogP contribution in [-0.2, 0) is 0 Å². The summed E-state index contributed by atoms with van der Waals surface area (Å²) in [6.45, 7) is 4.07. The minimum atomic E-state index is 0.224. The van der Waals surface area contributed by atoms with Gasteiger partial charge in [0.25, 0.3) is 0 Å². The smallest absolute Gasteiger partial charge is 0.185 e. The molecule has 19 heavy (non-hydrogen) atoms. The van der Waals surface area contributed by atoms with Crippen LogP contribution in [0.25, 0.3) is 0 Å². The average Bonchev–Trinajstić information content (AvgIpc) is 2.87. The van der Waals surface area contributed by atoms with Crippen LogP contribution in [0, 0.1) is 6.92 Å². The lowest BCUT2D eigenvalue weighted by atomic mass is 10.1. The van der Waals surface area contributed by atoms with Crippen molar-refractivity contribution >= 4 is 16.5 Å². The number of ether oxygens (including phenoxy) is 1. The molecule has 0 bridgehead atoms. The monoisotopic (exact) mass is 275 g/mol. The summed E-state index contributed by atoms with van der Waals surface area (Å²) in [5, 5.41) is 1.11. The molecule has 1 atom stereocenters. The van der Waals surface area contributed by atoms with Crippen LogP contribution in [0.3, 0.4) is 0 Å². The fourth-order valence-corrected chi connectivity index (χ4v) is 3.10. The zero-order valence-electron chi connectivity index (χ0n) is 11.0. The Hall–Kier alpha value is -1.62. The predicted octanol–water partition coefficient (Wildman–Crippen LogP) is 2.89. The first-order chi connectivity index (χ1) is 9.31. The lowest BCUT2D eigenvalue weighted by Crippen LogP contribution is -2.41. The Morgan fingerprint density at radius 3 is 3.11 bits per heavy atom. The summed E-state index contributed by atoms with van der Waals surface area (Å²) in [6.07, 6.45) is 7.93. The van der Waals surface area contributed by atoms with Crippen molar-refractivity contribution in [2.24, 2.45) is 0 Å². The quantitative estimate of drug-likeness (QED) is 0.863. The van der Waals surface area contributed by atoms with E-state index in [-0.39, 0.29) is 6.10 Å². The molecule has 100 valence electrons. The van der Waals surface area contributed by atoms with Gasteiger partial charge in [0, 0.05) is 23.8 Å². The number of rotatable bonds is 3. The molecule has 0 aliphatic carbocycles. The van der Waals surface area contributed by atoms with E-state index >= 15 is 0 Å². The summed E-state index contributed by atoms with van der Waals surface area (Å²) in [4.78, 5) is 12.1. The van der Waals surface area contributed by atoms with Crippen LogP contribution in [0.5, 0.6) is 5.75 Å². The van der Waals surface area contributed by atoms with Gasteiger partial charge in [-0.1, -0.05) is 0 Å². The van der Waals surface area contributed by atoms with E-state index in [0.29, 0.717) is 0 Å². The topological polar surface area (TPSA) is 38.2 Å². The number of hydrogen-bond donors (Lipinski definition) is 0. The average molecular weight is 275 g/mol. The number of pyridine rings is 1. The molecule has 0 amide bonds. The van der Waals surface area contributed by atoms with Crippen LogP contribution in [0.1, 0.15) is 17.7 Å². The Bertz CT molecular complexity index is 528. The normalized spacial score (nSPS) is 19.4. The van der Waals surface area contributed by atoms with Crippen LogP contribution in [-0.4, -0.2) is 29.2 Å². The highest BCUT2D eigenvalue weighted by Crippen LogP contribution is 2.26. The van der Waals surface area contributed by atoms with Crippen molar-refractivity contribution in [2.45, 2.75) is 25.9 Å². The van der Waals surface area contributed by atoms with E-state index in [1.165, 1.54) is 4.88 Å². The van der Waals surface area contributed by atoms with Gasteiger partial charge < -0.3 is 9.64 Å². The van der Waals surface area contributed by atoms with E-state index in [1.807, 2.05) is 18.3 Å².